The van der Waals surface area contributed by atoms with Crippen molar-refractivity contribution >= 4 is 34.4 Å². The average molecular weight is 579 g/mol. The van der Waals surface area contributed by atoms with E-state index in [0.29, 0.717) is 26.2 Å². The van der Waals surface area contributed by atoms with Gasteiger partial charge < -0.3 is 14.5 Å². The maximum absolute atomic E-state index is 12.9. The Bertz CT molecular complexity index is 1270. The molecule has 0 saturated carbocycles. The molecule has 2 aliphatic rings. The predicted molar refractivity (Wildman–Crippen MR) is 146 cm³/mol. The van der Waals surface area contributed by atoms with E-state index >= 15 is 0 Å². The first-order valence-corrected chi connectivity index (χ1v) is 12.8. The second-order valence-corrected chi connectivity index (χ2v) is 10.0. The van der Waals surface area contributed by atoms with Gasteiger partial charge >= 0.3 is 6.09 Å². The first kappa shape index (κ1) is 23.5. The van der Waals surface area contributed by atoms with Crippen LogP contribution in [-0.2, 0) is 11.3 Å². The highest BCUT2D eigenvalue weighted by Crippen LogP contribution is 2.44. The standard InChI is InChI=1S/C27H26IN5O2/c1-18-19(16-30-31-29)14-20(15-26(18)28)32-10-12-33(13-11-32)27(34)35-17-25-23-8-4-2-6-21(23)22-7-3-5-9-24(22)25/h2-9,14-15,25H,10-13,16-17H2,1H3. The number of carbonyl (C=O) groups is 1. The van der Waals surface area contributed by atoms with Crippen LogP contribution in [0.2, 0.25) is 0 Å². The molecule has 35 heavy (non-hydrogen) atoms. The molecule has 178 valence electrons. The Morgan fingerprint density at radius 2 is 1.69 bits per heavy atom. The van der Waals surface area contributed by atoms with Crippen molar-refractivity contribution in [3.63, 3.8) is 0 Å². The summed E-state index contributed by atoms with van der Waals surface area (Å²) in [5.74, 6) is 0.0664. The molecule has 7 nitrogen and oxygen atoms in total. The molecule has 0 radical (unpaired) electrons. The van der Waals surface area contributed by atoms with Crippen molar-refractivity contribution in [3.8, 4) is 11.1 Å². The molecule has 3 aromatic carbocycles. The molecule has 0 bridgehead atoms. The highest BCUT2D eigenvalue weighted by Gasteiger charge is 2.30. The summed E-state index contributed by atoms with van der Waals surface area (Å²) in [5, 5.41) is 3.74. The number of piperazine rings is 1. The van der Waals surface area contributed by atoms with E-state index in [2.05, 4.69) is 86.0 Å². The molecular weight excluding hydrogens is 553 g/mol. The lowest BCUT2D eigenvalue weighted by atomic mass is 9.98. The van der Waals surface area contributed by atoms with Gasteiger partial charge in [0, 0.05) is 46.3 Å². The summed E-state index contributed by atoms with van der Waals surface area (Å²) < 4.78 is 6.98. The Labute approximate surface area is 218 Å². The van der Waals surface area contributed by atoms with E-state index in [1.165, 1.54) is 22.3 Å². The average Bonchev–Trinajstić information content (AvgIpc) is 3.22. The number of azide groups is 1. The van der Waals surface area contributed by atoms with Gasteiger partial charge in [0.1, 0.15) is 6.61 Å². The Morgan fingerprint density at radius 1 is 1.06 bits per heavy atom. The fourth-order valence-electron chi connectivity index (χ4n) is 5.01. The van der Waals surface area contributed by atoms with Gasteiger partial charge in [-0.1, -0.05) is 53.6 Å². The molecule has 0 aromatic heterocycles. The number of hydrogen-bond acceptors (Lipinski definition) is 4. The summed E-state index contributed by atoms with van der Waals surface area (Å²) in [6, 6.07) is 21.0. The van der Waals surface area contributed by atoms with Crippen LogP contribution in [0.25, 0.3) is 21.6 Å². The van der Waals surface area contributed by atoms with E-state index in [1.807, 2.05) is 19.1 Å². The Hall–Kier alpha value is -3.23. The molecule has 8 heteroatoms. The lowest BCUT2D eigenvalue weighted by Crippen LogP contribution is -2.49. The molecule has 1 aliphatic heterocycles. The Kier molecular flexibility index (Phi) is 6.83. The van der Waals surface area contributed by atoms with Crippen molar-refractivity contribution in [2.45, 2.75) is 19.4 Å². The monoisotopic (exact) mass is 579 g/mol. The largest absolute Gasteiger partial charge is 0.448 e. The minimum Gasteiger partial charge on any atom is -0.448 e. The molecule has 0 atom stereocenters. The fourth-order valence-corrected chi connectivity index (χ4v) is 5.67. The number of rotatable bonds is 5. The van der Waals surface area contributed by atoms with Gasteiger partial charge in [0.2, 0.25) is 0 Å². The smallest absolute Gasteiger partial charge is 0.409 e. The van der Waals surface area contributed by atoms with Crippen LogP contribution in [0.4, 0.5) is 10.5 Å². The van der Waals surface area contributed by atoms with Crippen LogP contribution in [0.15, 0.2) is 65.8 Å². The lowest BCUT2D eigenvalue weighted by Gasteiger charge is -2.36. The number of benzene rings is 3. The quantitative estimate of drug-likeness (QED) is 0.150. The van der Waals surface area contributed by atoms with Gasteiger partial charge in [-0.25, -0.2) is 4.79 Å². The van der Waals surface area contributed by atoms with Crippen molar-refractivity contribution < 1.29 is 9.53 Å². The van der Waals surface area contributed by atoms with Gasteiger partial charge in [0.25, 0.3) is 0 Å². The third-order valence-corrected chi connectivity index (χ3v) is 8.10. The van der Waals surface area contributed by atoms with Crippen LogP contribution in [-0.4, -0.2) is 43.8 Å². The van der Waals surface area contributed by atoms with Gasteiger partial charge in [0.15, 0.2) is 0 Å². The van der Waals surface area contributed by atoms with Crippen molar-refractivity contribution in [1.29, 1.82) is 0 Å². The number of anilines is 1. The number of hydrogen-bond donors (Lipinski definition) is 0. The molecule has 1 aliphatic carbocycles. The van der Waals surface area contributed by atoms with E-state index in [0.717, 1.165) is 33.5 Å². The zero-order valence-corrected chi connectivity index (χ0v) is 21.7. The zero-order chi connectivity index (χ0) is 24.4. The van der Waals surface area contributed by atoms with Gasteiger partial charge in [-0.3, -0.25) is 0 Å². The van der Waals surface area contributed by atoms with Crippen LogP contribution in [0, 0.1) is 10.5 Å². The molecule has 1 fully saturated rings. The van der Waals surface area contributed by atoms with Crippen molar-refractivity contribution in [3.05, 3.63) is 96.9 Å². The lowest BCUT2D eigenvalue weighted by molar-refractivity contribution is 0.0977. The third kappa shape index (κ3) is 4.68. The summed E-state index contributed by atoms with van der Waals surface area (Å²) >= 11 is 2.32. The van der Waals surface area contributed by atoms with Gasteiger partial charge in [-0.05, 0) is 80.6 Å². The molecule has 5 rings (SSSR count). The highest BCUT2D eigenvalue weighted by molar-refractivity contribution is 14.1. The summed E-state index contributed by atoms with van der Waals surface area (Å²) in [7, 11) is 0. The summed E-state index contributed by atoms with van der Waals surface area (Å²) in [5.41, 5.74) is 16.8. The number of ether oxygens (including phenoxy) is 1. The van der Waals surface area contributed by atoms with Crippen LogP contribution in [0.5, 0.6) is 0 Å². The summed E-state index contributed by atoms with van der Waals surface area (Å²) in [4.78, 5) is 19.9. The maximum Gasteiger partial charge on any atom is 0.409 e. The van der Waals surface area contributed by atoms with Crippen molar-refractivity contribution in [2.75, 3.05) is 37.7 Å². The van der Waals surface area contributed by atoms with Crippen LogP contribution in [0.1, 0.15) is 28.2 Å². The molecular formula is C27H26IN5O2. The Morgan fingerprint density at radius 3 is 2.31 bits per heavy atom. The number of amides is 1. The van der Waals surface area contributed by atoms with Gasteiger partial charge in [-0.2, -0.15) is 0 Å². The van der Waals surface area contributed by atoms with E-state index in [1.54, 1.807) is 4.90 Å². The third-order valence-electron chi connectivity index (χ3n) is 6.98. The fraction of sp³-hybridized carbons (Fsp3) is 0.296. The van der Waals surface area contributed by atoms with Crippen molar-refractivity contribution in [2.24, 2.45) is 5.11 Å². The van der Waals surface area contributed by atoms with Crippen LogP contribution >= 0.6 is 22.6 Å². The summed E-state index contributed by atoms with van der Waals surface area (Å²) in [6.45, 7) is 5.38. The zero-order valence-electron chi connectivity index (χ0n) is 19.5. The second-order valence-electron chi connectivity index (χ2n) is 8.88. The van der Waals surface area contributed by atoms with E-state index in [9.17, 15) is 4.79 Å². The molecule has 1 heterocycles. The van der Waals surface area contributed by atoms with Crippen LogP contribution < -0.4 is 4.90 Å². The second kappa shape index (κ2) is 10.2. The summed E-state index contributed by atoms with van der Waals surface area (Å²) in [6.07, 6.45) is -0.256. The maximum atomic E-state index is 12.9. The molecule has 0 N–H and O–H groups in total. The molecule has 1 saturated heterocycles. The number of fused-ring (bicyclic) bond motifs is 3. The van der Waals surface area contributed by atoms with Crippen molar-refractivity contribution in [1.82, 2.24) is 4.90 Å². The topological polar surface area (TPSA) is 81.5 Å². The first-order chi connectivity index (χ1) is 17.1. The normalized spacial score (nSPS) is 14.8. The minimum atomic E-state index is -0.256. The number of nitrogens with zero attached hydrogens (tertiary/aromatic N) is 5. The van der Waals surface area contributed by atoms with Gasteiger partial charge in [0.05, 0.1) is 6.54 Å². The number of halogens is 1. The molecule has 3 aromatic rings. The number of carbonyl (C=O) groups excluding carboxylic acids is 1. The van der Waals surface area contributed by atoms with Crippen LogP contribution in [0.3, 0.4) is 0 Å². The molecule has 0 unspecified atom stereocenters. The Balaban J connectivity index is 1.22. The minimum absolute atomic E-state index is 0.0664. The molecule has 1 amide bonds. The first-order valence-electron chi connectivity index (χ1n) is 11.7. The predicted octanol–water partition coefficient (Wildman–Crippen LogP) is 6.48. The van der Waals surface area contributed by atoms with E-state index in [-0.39, 0.29) is 12.0 Å². The SMILES string of the molecule is Cc1c(I)cc(N2CCN(C(=O)OCC3c4ccccc4-c4ccccc43)CC2)cc1CN=[N+]=[N-]. The van der Waals surface area contributed by atoms with E-state index < -0.39 is 0 Å². The van der Waals surface area contributed by atoms with Gasteiger partial charge in [-0.15, -0.1) is 0 Å². The van der Waals surface area contributed by atoms with E-state index in [4.69, 9.17) is 10.3 Å². The highest BCUT2D eigenvalue weighted by atomic mass is 127. The molecule has 0 spiro atoms.